The zero-order valence-electron chi connectivity index (χ0n) is 13.1. The van der Waals surface area contributed by atoms with E-state index in [9.17, 15) is 10.1 Å². The summed E-state index contributed by atoms with van der Waals surface area (Å²) < 4.78 is 5.38. The number of halogens is 1. The first-order chi connectivity index (χ1) is 11.6. The molecule has 24 heavy (non-hydrogen) atoms. The number of hydrogen-bond acceptors (Lipinski definition) is 5. The van der Waals surface area contributed by atoms with Gasteiger partial charge in [0, 0.05) is 16.6 Å². The van der Waals surface area contributed by atoms with Crippen LogP contribution >= 0.6 is 23.4 Å². The molecule has 1 saturated carbocycles. The van der Waals surface area contributed by atoms with Gasteiger partial charge >= 0.3 is 5.97 Å². The normalized spacial score (nSPS) is 13.4. The summed E-state index contributed by atoms with van der Waals surface area (Å²) in [7, 11) is 0. The molecule has 1 fully saturated rings. The lowest BCUT2D eigenvalue weighted by molar-refractivity contribution is 0.0471. The van der Waals surface area contributed by atoms with Crippen LogP contribution in [0.5, 0.6) is 0 Å². The van der Waals surface area contributed by atoms with E-state index in [0.717, 1.165) is 24.1 Å². The molecule has 6 heteroatoms. The molecule has 1 aromatic carbocycles. The fourth-order valence-corrected chi connectivity index (χ4v) is 3.17. The highest BCUT2D eigenvalue weighted by molar-refractivity contribution is 7.98. The predicted molar refractivity (Wildman–Crippen MR) is 93.3 cm³/mol. The molecule has 1 aromatic heterocycles. The number of thioether (sulfide) groups is 1. The molecule has 122 valence electrons. The Balaban J connectivity index is 1.85. The standard InChI is InChI=1S/C18H15ClN2O2S/c1-24-17-15(9-20)14(8-16(21-17)12-5-6-12)18(22)23-10-11-3-2-4-13(19)7-11/h2-4,7-8,12H,5-6,10H2,1H3. The number of benzene rings is 1. The van der Waals surface area contributed by atoms with Crippen molar-refractivity contribution < 1.29 is 9.53 Å². The highest BCUT2D eigenvalue weighted by Crippen LogP contribution is 2.40. The van der Waals surface area contributed by atoms with E-state index in [1.165, 1.54) is 11.8 Å². The molecule has 1 aliphatic carbocycles. The maximum Gasteiger partial charge on any atom is 0.339 e. The van der Waals surface area contributed by atoms with Crippen molar-refractivity contribution in [1.29, 1.82) is 5.26 Å². The Morgan fingerprint density at radius 2 is 2.25 bits per heavy atom. The quantitative estimate of drug-likeness (QED) is 0.579. The van der Waals surface area contributed by atoms with E-state index in [1.807, 2.05) is 12.3 Å². The smallest absolute Gasteiger partial charge is 0.339 e. The summed E-state index contributed by atoms with van der Waals surface area (Å²) in [4.78, 5) is 17.0. The van der Waals surface area contributed by atoms with Crippen LogP contribution in [-0.2, 0) is 11.3 Å². The molecule has 0 radical (unpaired) electrons. The van der Waals surface area contributed by atoms with Crippen LogP contribution in [0.15, 0.2) is 35.4 Å². The van der Waals surface area contributed by atoms with Gasteiger partial charge in [0.2, 0.25) is 0 Å². The Morgan fingerprint density at radius 3 is 2.88 bits per heavy atom. The van der Waals surface area contributed by atoms with Crippen molar-refractivity contribution in [1.82, 2.24) is 4.98 Å². The average molecular weight is 359 g/mol. The lowest BCUT2D eigenvalue weighted by atomic mass is 10.1. The van der Waals surface area contributed by atoms with Crippen molar-refractivity contribution in [2.75, 3.05) is 6.26 Å². The van der Waals surface area contributed by atoms with Crippen LogP contribution in [0, 0.1) is 11.3 Å². The molecule has 0 spiro atoms. The Hall–Kier alpha value is -2.03. The van der Waals surface area contributed by atoms with Gasteiger partial charge in [-0.3, -0.25) is 0 Å². The first kappa shape index (κ1) is 16.8. The van der Waals surface area contributed by atoms with E-state index >= 15 is 0 Å². The summed E-state index contributed by atoms with van der Waals surface area (Å²) in [5, 5.41) is 10.6. The molecule has 0 N–H and O–H groups in total. The van der Waals surface area contributed by atoms with Crippen LogP contribution in [-0.4, -0.2) is 17.2 Å². The first-order valence-electron chi connectivity index (χ1n) is 7.53. The second kappa shape index (κ2) is 7.25. The molecule has 1 heterocycles. The van der Waals surface area contributed by atoms with E-state index < -0.39 is 5.97 Å². The number of esters is 1. The number of hydrogen-bond donors (Lipinski definition) is 0. The molecule has 2 aromatic rings. The van der Waals surface area contributed by atoms with Gasteiger partial charge in [-0.25, -0.2) is 9.78 Å². The van der Waals surface area contributed by atoms with Gasteiger partial charge < -0.3 is 4.74 Å². The fourth-order valence-electron chi connectivity index (χ4n) is 2.40. The minimum atomic E-state index is -0.508. The predicted octanol–water partition coefficient (Wildman–Crippen LogP) is 4.56. The van der Waals surface area contributed by atoms with E-state index in [2.05, 4.69) is 11.1 Å². The van der Waals surface area contributed by atoms with Crippen molar-refractivity contribution in [3.63, 3.8) is 0 Å². The van der Waals surface area contributed by atoms with Gasteiger partial charge in [-0.15, -0.1) is 11.8 Å². The van der Waals surface area contributed by atoms with Gasteiger partial charge in [-0.2, -0.15) is 5.26 Å². The largest absolute Gasteiger partial charge is 0.457 e. The van der Waals surface area contributed by atoms with Crippen LogP contribution < -0.4 is 0 Å². The number of ether oxygens (including phenoxy) is 1. The number of pyridine rings is 1. The molecular formula is C18H15ClN2O2S. The number of aromatic nitrogens is 1. The van der Waals surface area contributed by atoms with E-state index in [0.29, 0.717) is 21.5 Å². The van der Waals surface area contributed by atoms with Gasteiger partial charge in [0.05, 0.1) is 11.1 Å². The van der Waals surface area contributed by atoms with Crippen LogP contribution in [0.4, 0.5) is 0 Å². The summed E-state index contributed by atoms with van der Waals surface area (Å²) in [5.74, 6) is -0.116. The average Bonchev–Trinajstić information content (AvgIpc) is 3.43. The van der Waals surface area contributed by atoms with Crippen LogP contribution in [0.3, 0.4) is 0 Å². The lowest BCUT2D eigenvalue weighted by Gasteiger charge is -2.10. The number of nitrogens with zero attached hydrogens (tertiary/aromatic N) is 2. The molecule has 0 unspecified atom stereocenters. The molecule has 0 saturated heterocycles. The Morgan fingerprint density at radius 1 is 1.46 bits per heavy atom. The molecule has 0 bridgehead atoms. The molecule has 4 nitrogen and oxygen atoms in total. The Labute approximate surface area is 149 Å². The second-order valence-electron chi connectivity index (χ2n) is 5.57. The third kappa shape index (κ3) is 3.72. The monoisotopic (exact) mass is 358 g/mol. The minimum absolute atomic E-state index is 0.111. The van der Waals surface area contributed by atoms with E-state index in [-0.39, 0.29) is 12.2 Å². The summed E-state index contributed by atoms with van der Waals surface area (Å²) in [5.41, 5.74) is 2.24. The van der Waals surface area contributed by atoms with Crippen LogP contribution in [0.25, 0.3) is 0 Å². The number of carbonyl (C=O) groups is 1. The lowest BCUT2D eigenvalue weighted by Crippen LogP contribution is -2.10. The first-order valence-corrected chi connectivity index (χ1v) is 9.13. The molecule has 0 atom stereocenters. The third-order valence-corrected chi connectivity index (χ3v) is 4.70. The van der Waals surface area contributed by atoms with E-state index in [1.54, 1.807) is 24.3 Å². The maximum atomic E-state index is 12.5. The third-order valence-electron chi connectivity index (χ3n) is 3.79. The zero-order valence-corrected chi connectivity index (χ0v) is 14.7. The van der Waals surface area contributed by atoms with Gasteiger partial charge in [-0.1, -0.05) is 23.7 Å². The van der Waals surface area contributed by atoms with Crippen molar-refractivity contribution >= 4 is 29.3 Å². The molecule has 1 aliphatic rings. The summed E-state index contributed by atoms with van der Waals surface area (Å²) in [6.07, 6.45) is 3.99. The highest BCUT2D eigenvalue weighted by Gasteiger charge is 2.28. The SMILES string of the molecule is CSc1nc(C2CC2)cc(C(=O)OCc2cccc(Cl)c2)c1C#N. The van der Waals surface area contributed by atoms with Crippen molar-refractivity contribution in [2.24, 2.45) is 0 Å². The number of carbonyl (C=O) groups excluding carboxylic acids is 1. The van der Waals surface area contributed by atoms with Crippen molar-refractivity contribution in [2.45, 2.75) is 30.4 Å². The number of rotatable bonds is 5. The summed E-state index contributed by atoms with van der Waals surface area (Å²) in [6.45, 7) is 0.111. The molecule has 0 amide bonds. The summed E-state index contributed by atoms with van der Waals surface area (Å²) in [6, 6.07) is 10.9. The maximum absolute atomic E-state index is 12.5. The molecule has 0 aliphatic heterocycles. The second-order valence-corrected chi connectivity index (χ2v) is 6.80. The minimum Gasteiger partial charge on any atom is -0.457 e. The molecular weight excluding hydrogens is 344 g/mol. The fraction of sp³-hybridized carbons (Fsp3) is 0.278. The van der Waals surface area contributed by atoms with Crippen LogP contribution in [0.1, 0.15) is 45.9 Å². The van der Waals surface area contributed by atoms with Crippen molar-refractivity contribution in [3.05, 3.63) is 57.7 Å². The van der Waals surface area contributed by atoms with Crippen molar-refractivity contribution in [3.8, 4) is 6.07 Å². The van der Waals surface area contributed by atoms with Gasteiger partial charge in [0.15, 0.2) is 0 Å². The topological polar surface area (TPSA) is 63.0 Å². The Kier molecular flexibility index (Phi) is 5.08. The van der Waals surface area contributed by atoms with Gasteiger partial charge in [0.25, 0.3) is 0 Å². The van der Waals surface area contributed by atoms with E-state index in [4.69, 9.17) is 16.3 Å². The molecule has 3 rings (SSSR count). The summed E-state index contributed by atoms with van der Waals surface area (Å²) >= 11 is 7.30. The van der Waals surface area contributed by atoms with Gasteiger partial charge in [0.1, 0.15) is 17.7 Å². The van der Waals surface area contributed by atoms with Gasteiger partial charge in [-0.05, 0) is 42.9 Å². The Bertz CT molecular complexity index is 828. The highest BCUT2D eigenvalue weighted by atomic mass is 35.5. The number of nitriles is 1. The zero-order chi connectivity index (χ0) is 17.1. The van der Waals surface area contributed by atoms with Crippen LogP contribution in [0.2, 0.25) is 5.02 Å².